The van der Waals surface area contributed by atoms with Gasteiger partial charge in [0.15, 0.2) is 17.1 Å². The first-order chi connectivity index (χ1) is 15.6. The molecule has 0 atom stereocenters. The zero-order valence-electron chi connectivity index (χ0n) is 17.1. The molecule has 5 aromatic rings. The predicted octanol–water partition coefficient (Wildman–Crippen LogP) is 6.53. The number of fused-ring (bicyclic) bond motifs is 1. The Morgan fingerprint density at radius 3 is 1.91 bits per heavy atom. The number of rotatable bonds is 4. The first kappa shape index (κ1) is 19.9. The van der Waals surface area contributed by atoms with Crippen LogP contribution in [0.2, 0.25) is 0 Å². The number of pyridine rings is 1. The van der Waals surface area contributed by atoms with Crippen molar-refractivity contribution in [1.82, 2.24) is 4.57 Å². The summed E-state index contributed by atoms with van der Waals surface area (Å²) in [6.45, 7) is 0. The second-order valence-corrected chi connectivity index (χ2v) is 7.64. The monoisotopic (exact) mass is 423 g/mol. The molecule has 0 saturated heterocycles. The summed E-state index contributed by atoms with van der Waals surface area (Å²) in [6.07, 6.45) is 0.367. The Kier molecular flexibility index (Phi) is 5.12. The molecule has 0 spiro atoms. The molecule has 0 aliphatic rings. The molecule has 0 saturated carbocycles. The summed E-state index contributed by atoms with van der Waals surface area (Å²) in [5.41, 5.74) is 3.78. The molecule has 0 N–H and O–H groups in total. The van der Waals surface area contributed by atoms with Crippen molar-refractivity contribution in [2.45, 2.75) is 6.42 Å². The van der Waals surface area contributed by atoms with Crippen molar-refractivity contribution in [3.8, 4) is 16.9 Å². The Labute approximate surface area is 184 Å². The highest BCUT2D eigenvalue weighted by atomic mass is 19.2. The number of para-hydroxylation sites is 1. The van der Waals surface area contributed by atoms with E-state index in [1.807, 2.05) is 95.6 Å². The van der Waals surface area contributed by atoms with Crippen LogP contribution in [0.3, 0.4) is 0 Å². The fourth-order valence-corrected chi connectivity index (χ4v) is 4.14. The summed E-state index contributed by atoms with van der Waals surface area (Å²) in [6, 6.07) is 30.8. The van der Waals surface area contributed by atoms with Crippen LogP contribution < -0.4 is 5.43 Å². The Bertz CT molecular complexity index is 1460. The average Bonchev–Trinajstić information content (AvgIpc) is 2.84. The number of benzene rings is 4. The lowest BCUT2D eigenvalue weighted by molar-refractivity contribution is 0.510. The van der Waals surface area contributed by atoms with E-state index in [0.717, 1.165) is 28.9 Å². The van der Waals surface area contributed by atoms with Crippen LogP contribution in [-0.4, -0.2) is 4.57 Å². The Morgan fingerprint density at radius 2 is 1.25 bits per heavy atom. The third kappa shape index (κ3) is 3.50. The predicted molar refractivity (Wildman–Crippen MR) is 124 cm³/mol. The van der Waals surface area contributed by atoms with Gasteiger partial charge in [-0.2, -0.15) is 0 Å². The Morgan fingerprint density at radius 1 is 0.688 bits per heavy atom. The molecular formula is C28H19F2NO. The molecule has 1 aromatic heterocycles. The maximum absolute atomic E-state index is 14.4. The van der Waals surface area contributed by atoms with Gasteiger partial charge in [0, 0.05) is 29.1 Å². The minimum atomic E-state index is -1.03. The van der Waals surface area contributed by atoms with E-state index in [1.165, 1.54) is 0 Å². The van der Waals surface area contributed by atoms with Crippen molar-refractivity contribution in [2.24, 2.45) is 0 Å². The highest BCUT2D eigenvalue weighted by molar-refractivity contribution is 5.87. The van der Waals surface area contributed by atoms with Crippen LogP contribution in [0.4, 0.5) is 8.78 Å². The van der Waals surface area contributed by atoms with Crippen LogP contribution >= 0.6 is 0 Å². The summed E-state index contributed by atoms with van der Waals surface area (Å²) in [5.74, 6) is -2.02. The van der Waals surface area contributed by atoms with Gasteiger partial charge in [0.1, 0.15) is 0 Å². The summed E-state index contributed by atoms with van der Waals surface area (Å²) >= 11 is 0. The number of aromatic nitrogens is 1. The van der Waals surface area contributed by atoms with E-state index in [-0.39, 0.29) is 10.8 Å². The highest BCUT2D eigenvalue weighted by Gasteiger charge is 2.21. The van der Waals surface area contributed by atoms with Crippen LogP contribution in [0.1, 0.15) is 11.1 Å². The number of hydrogen-bond acceptors (Lipinski definition) is 1. The van der Waals surface area contributed by atoms with Crippen LogP contribution in [0.15, 0.2) is 108 Å². The van der Waals surface area contributed by atoms with Crippen LogP contribution in [0.25, 0.3) is 27.8 Å². The maximum Gasteiger partial charge on any atom is 0.193 e. The highest BCUT2D eigenvalue weighted by Crippen LogP contribution is 2.32. The second-order valence-electron chi connectivity index (χ2n) is 7.64. The standard InChI is InChI=1S/C28H19F2NO/c29-24-17-22-26(18-25(24)30)31(21-14-8-3-9-15-21)27(20-12-6-2-7-13-20)23(28(22)32)16-19-10-4-1-5-11-19/h1-15,17-18H,16H2. The lowest BCUT2D eigenvalue weighted by atomic mass is 9.95. The molecule has 4 heteroatoms. The topological polar surface area (TPSA) is 22.0 Å². The first-order valence-corrected chi connectivity index (χ1v) is 10.3. The van der Waals surface area contributed by atoms with Crippen molar-refractivity contribution in [3.05, 3.63) is 136 Å². The van der Waals surface area contributed by atoms with Crippen molar-refractivity contribution in [2.75, 3.05) is 0 Å². The SMILES string of the molecule is O=c1c(Cc2ccccc2)c(-c2ccccc2)n(-c2ccccc2)c2cc(F)c(F)cc12. The van der Waals surface area contributed by atoms with E-state index in [0.29, 0.717) is 23.2 Å². The third-order valence-electron chi connectivity index (χ3n) is 5.59. The fourth-order valence-electron chi connectivity index (χ4n) is 4.14. The summed E-state index contributed by atoms with van der Waals surface area (Å²) < 4.78 is 30.4. The van der Waals surface area contributed by atoms with E-state index in [4.69, 9.17) is 0 Å². The van der Waals surface area contributed by atoms with Crippen molar-refractivity contribution < 1.29 is 8.78 Å². The van der Waals surface area contributed by atoms with Crippen molar-refractivity contribution >= 4 is 10.9 Å². The fraction of sp³-hybridized carbons (Fsp3) is 0.0357. The molecule has 0 radical (unpaired) electrons. The quantitative estimate of drug-likeness (QED) is 0.322. The van der Waals surface area contributed by atoms with E-state index in [9.17, 15) is 13.6 Å². The molecule has 0 aliphatic heterocycles. The maximum atomic E-state index is 14.4. The van der Waals surface area contributed by atoms with Gasteiger partial charge in [-0.25, -0.2) is 8.78 Å². The van der Waals surface area contributed by atoms with Crippen LogP contribution in [0, 0.1) is 11.6 Å². The summed E-state index contributed by atoms with van der Waals surface area (Å²) in [5, 5.41) is 0.151. The van der Waals surface area contributed by atoms with E-state index in [1.54, 1.807) is 0 Å². The summed E-state index contributed by atoms with van der Waals surface area (Å²) in [4.78, 5) is 13.7. The molecule has 0 fully saturated rings. The molecule has 156 valence electrons. The van der Waals surface area contributed by atoms with Gasteiger partial charge < -0.3 is 4.57 Å². The van der Waals surface area contributed by atoms with Gasteiger partial charge >= 0.3 is 0 Å². The van der Waals surface area contributed by atoms with Crippen LogP contribution in [0.5, 0.6) is 0 Å². The molecule has 1 heterocycles. The Hall–Kier alpha value is -4.05. The lowest BCUT2D eigenvalue weighted by Crippen LogP contribution is -2.19. The first-order valence-electron chi connectivity index (χ1n) is 10.3. The molecule has 2 nitrogen and oxygen atoms in total. The molecule has 0 amide bonds. The van der Waals surface area contributed by atoms with E-state index in [2.05, 4.69) is 0 Å². The molecule has 4 aromatic carbocycles. The zero-order chi connectivity index (χ0) is 22.1. The molecule has 32 heavy (non-hydrogen) atoms. The van der Waals surface area contributed by atoms with Gasteiger partial charge in [-0.3, -0.25) is 4.79 Å². The van der Waals surface area contributed by atoms with Gasteiger partial charge in [0.25, 0.3) is 0 Å². The minimum Gasteiger partial charge on any atom is -0.309 e. The largest absolute Gasteiger partial charge is 0.309 e. The van der Waals surface area contributed by atoms with Crippen molar-refractivity contribution in [1.29, 1.82) is 0 Å². The van der Waals surface area contributed by atoms with E-state index < -0.39 is 11.6 Å². The smallest absolute Gasteiger partial charge is 0.193 e. The molecule has 0 aliphatic carbocycles. The van der Waals surface area contributed by atoms with Gasteiger partial charge in [-0.05, 0) is 29.3 Å². The molecule has 5 rings (SSSR count). The van der Waals surface area contributed by atoms with Gasteiger partial charge in [0.05, 0.1) is 11.2 Å². The number of halogens is 2. The molecule has 0 unspecified atom stereocenters. The number of nitrogens with zero attached hydrogens (tertiary/aromatic N) is 1. The average molecular weight is 423 g/mol. The number of hydrogen-bond donors (Lipinski definition) is 0. The summed E-state index contributed by atoms with van der Waals surface area (Å²) in [7, 11) is 0. The zero-order valence-corrected chi connectivity index (χ0v) is 17.1. The normalized spacial score (nSPS) is 11.1. The molecular weight excluding hydrogens is 404 g/mol. The third-order valence-corrected chi connectivity index (χ3v) is 5.59. The lowest BCUT2D eigenvalue weighted by Gasteiger charge is -2.21. The van der Waals surface area contributed by atoms with Gasteiger partial charge in [-0.15, -0.1) is 0 Å². The molecule has 0 bridgehead atoms. The van der Waals surface area contributed by atoms with Gasteiger partial charge in [0.2, 0.25) is 0 Å². The van der Waals surface area contributed by atoms with Crippen molar-refractivity contribution in [3.63, 3.8) is 0 Å². The van der Waals surface area contributed by atoms with Gasteiger partial charge in [-0.1, -0.05) is 78.9 Å². The van der Waals surface area contributed by atoms with Crippen LogP contribution in [-0.2, 0) is 6.42 Å². The second kappa shape index (κ2) is 8.23. The Balaban J connectivity index is 1.96. The minimum absolute atomic E-state index is 0.151. The van der Waals surface area contributed by atoms with E-state index >= 15 is 0 Å².